The summed E-state index contributed by atoms with van der Waals surface area (Å²) >= 11 is 0. The second-order valence-corrected chi connectivity index (χ2v) is 3.66. The van der Waals surface area contributed by atoms with Crippen LogP contribution in [0.5, 0.6) is 0 Å². The molecule has 0 spiro atoms. The summed E-state index contributed by atoms with van der Waals surface area (Å²) in [5.41, 5.74) is 2.91. The first-order valence-electron chi connectivity index (χ1n) is 4.97. The van der Waals surface area contributed by atoms with Crippen LogP contribution in [0.2, 0.25) is 0 Å². The number of methoxy groups -OCH3 is 1. The lowest BCUT2D eigenvalue weighted by molar-refractivity contribution is -0.135. The zero-order valence-electron chi connectivity index (χ0n) is 8.58. The van der Waals surface area contributed by atoms with E-state index in [4.69, 9.17) is 0 Å². The minimum absolute atomic E-state index is 0.433. The van der Waals surface area contributed by atoms with Gasteiger partial charge >= 0.3 is 5.97 Å². The highest BCUT2D eigenvalue weighted by atomic mass is 16.5. The Morgan fingerprint density at radius 3 is 2.67 bits per heavy atom. The standard InChI is InChI=1S/C12H12O3/c1-15-12(14)11(13)10-6-5-8-3-2-4-9(8)7-10/h5-7H,2-4H2,1H3. The maximum Gasteiger partial charge on any atom is 0.379 e. The summed E-state index contributed by atoms with van der Waals surface area (Å²) in [6.07, 6.45) is 3.20. The molecule has 1 aromatic rings. The van der Waals surface area contributed by atoms with Crippen molar-refractivity contribution in [2.75, 3.05) is 7.11 Å². The first-order chi connectivity index (χ1) is 7.22. The molecule has 0 radical (unpaired) electrons. The van der Waals surface area contributed by atoms with Crippen LogP contribution in [0.3, 0.4) is 0 Å². The number of benzene rings is 1. The summed E-state index contributed by atoms with van der Waals surface area (Å²) in [5, 5.41) is 0. The fourth-order valence-electron chi connectivity index (χ4n) is 1.92. The normalized spacial score (nSPS) is 13.4. The molecule has 1 aliphatic rings. The predicted octanol–water partition coefficient (Wildman–Crippen LogP) is 1.53. The number of esters is 1. The average molecular weight is 204 g/mol. The Morgan fingerprint density at radius 2 is 1.93 bits per heavy atom. The van der Waals surface area contributed by atoms with Crippen molar-refractivity contribution in [3.05, 3.63) is 34.9 Å². The number of carbonyl (C=O) groups is 2. The summed E-state index contributed by atoms with van der Waals surface area (Å²) in [6.45, 7) is 0. The minimum atomic E-state index is -0.798. The van der Waals surface area contributed by atoms with Crippen LogP contribution < -0.4 is 0 Å². The van der Waals surface area contributed by atoms with Gasteiger partial charge in [-0.25, -0.2) is 4.79 Å². The molecule has 0 amide bonds. The monoisotopic (exact) mass is 204 g/mol. The van der Waals surface area contributed by atoms with Crippen molar-refractivity contribution in [2.45, 2.75) is 19.3 Å². The third-order valence-corrected chi connectivity index (χ3v) is 2.73. The van der Waals surface area contributed by atoms with Gasteiger partial charge in [-0.2, -0.15) is 0 Å². The van der Waals surface area contributed by atoms with Crippen LogP contribution in [0, 0.1) is 0 Å². The van der Waals surface area contributed by atoms with Gasteiger partial charge in [0.2, 0.25) is 0 Å². The molecule has 0 N–H and O–H groups in total. The van der Waals surface area contributed by atoms with E-state index in [2.05, 4.69) is 4.74 Å². The predicted molar refractivity (Wildman–Crippen MR) is 54.8 cm³/mol. The largest absolute Gasteiger partial charge is 0.463 e. The zero-order valence-corrected chi connectivity index (χ0v) is 8.58. The van der Waals surface area contributed by atoms with Gasteiger partial charge in [0, 0.05) is 5.56 Å². The second-order valence-electron chi connectivity index (χ2n) is 3.66. The summed E-state index contributed by atoms with van der Waals surface area (Å²) in [6, 6.07) is 5.43. The van der Waals surface area contributed by atoms with Crippen molar-refractivity contribution in [3.8, 4) is 0 Å². The number of fused-ring (bicyclic) bond motifs is 1. The second kappa shape index (κ2) is 3.85. The molecule has 3 heteroatoms. The van der Waals surface area contributed by atoms with Crippen LogP contribution in [0.4, 0.5) is 0 Å². The molecule has 78 valence electrons. The van der Waals surface area contributed by atoms with E-state index < -0.39 is 11.8 Å². The maximum atomic E-state index is 11.5. The smallest absolute Gasteiger partial charge is 0.379 e. The molecule has 0 aromatic heterocycles. The van der Waals surface area contributed by atoms with Gasteiger partial charge in [0.25, 0.3) is 5.78 Å². The first-order valence-corrected chi connectivity index (χ1v) is 4.97. The molecule has 0 fully saturated rings. The summed E-state index contributed by atoms with van der Waals surface area (Å²) < 4.78 is 4.40. The number of hydrogen-bond acceptors (Lipinski definition) is 3. The van der Waals surface area contributed by atoms with Gasteiger partial charge in [-0.15, -0.1) is 0 Å². The first kappa shape index (κ1) is 9.90. The maximum absolute atomic E-state index is 11.5. The lowest BCUT2D eigenvalue weighted by Crippen LogP contribution is -2.15. The van der Waals surface area contributed by atoms with Crippen LogP contribution in [0.15, 0.2) is 18.2 Å². The highest BCUT2D eigenvalue weighted by Gasteiger charge is 2.19. The van der Waals surface area contributed by atoms with E-state index >= 15 is 0 Å². The van der Waals surface area contributed by atoms with Gasteiger partial charge in [-0.05, 0) is 36.5 Å². The Morgan fingerprint density at radius 1 is 1.20 bits per heavy atom. The third kappa shape index (κ3) is 1.77. The zero-order chi connectivity index (χ0) is 10.8. The fourth-order valence-corrected chi connectivity index (χ4v) is 1.92. The Hall–Kier alpha value is -1.64. The number of carbonyl (C=O) groups excluding carboxylic acids is 2. The van der Waals surface area contributed by atoms with Gasteiger partial charge in [-0.3, -0.25) is 4.79 Å². The molecule has 0 aliphatic heterocycles. The quantitative estimate of drug-likeness (QED) is 0.417. The van der Waals surface area contributed by atoms with Gasteiger partial charge in [0.1, 0.15) is 0 Å². The molecular weight excluding hydrogens is 192 g/mol. The van der Waals surface area contributed by atoms with Crippen LogP contribution in [-0.2, 0) is 22.4 Å². The summed E-state index contributed by atoms with van der Waals surface area (Å²) in [5.74, 6) is -1.36. The van der Waals surface area contributed by atoms with E-state index in [0.717, 1.165) is 19.3 Å². The molecule has 0 heterocycles. The molecular formula is C12H12O3. The number of hydrogen-bond donors (Lipinski definition) is 0. The Balaban J connectivity index is 2.30. The van der Waals surface area contributed by atoms with E-state index in [1.165, 1.54) is 18.2 Å². The molecule has 0 atom stereocenters. The number of Topliss-reactive ketones (excluding diaryl/α,β-unsaturated/α-hetero) is 1. The third-order valence-electron chi connectivity index (χ3n) is 2.73. The van der Waals surface area contributed by atoms with Gasteiger partial charge in [-0.1, -0.05) is 12.1 Å². The molecule has 0 bridgehead atoms. The van der Waals surface area contributed by atoms with Gasteiger partial charge in [0.15, 0.2) is 0 Å². The molecule has 0 saturated heterocycles. The molecule has 0 saturated carbocycles. The Labute approximate surface area is 88.1 Å². The van der Waals surface area contributed by atoms with Crippen molar-refractivity contribution in [2.24, 2.45) is 0 Å². The Kier molecular flexibility index (Phi) is 2.54. The minimum Gasteiger partial charge on any atom is -0.463 e. The van der Waals surface area contributed by atoms with E-state index in [-0.39, 0.29) is 0 Å². The lowest BCUT2D eigenvalue weighted by atomic mass is 10.0. The number of rotatable bonds is 2. The molecule has 15 heavy (non-hydrogen) atoms. The highest BCUT2D eigenvalue weighted by molar-refractivity contribution is 6.40. The van der Waals surface area contributed by atoms with E-state index in [9.17, 15) is 9.59 Å². The lowest BCUT2D eigenvalue weighted by Gasteiger charge is -2.02. The highest BCUT2D eigenvalue weighted by Crippen LogP contribution is 2.23. The summed E-state index contributed by atoms with van der Waals surface area (Å²) in [4.78, 5) is 22.5. The molecule has 1 aromatic carbocycles. The van der Waals surface area contributed by atoms with Crippen molar-refractivity contribution in [1.82, 2.24) is 0 Å². The SMILES string of the molecule is COC(=O)C(=O)c1ccc2c(c1)CCC2. The molecule has 0 unspecified atom stereocenters. The van der Waals surface area contributed by atoms with Gasteiger partial charge < -0.3 is 4.74 Å². The van der Waals surface area contributed by atoms with Crippen LogP contribution in [-0.4, -0.2) is 18.9 Å². The average Bonchev–Trinajstić information content (AvgIpc) is 2.73. The van der Waals surface area contributed by atoms with E-state index in [0.29, 0.717) is 5.56 Å². The van der Waals surface area contributed by atoms with Crippen LogP contribution in [0.25, 0.3) is 0 Å². The molecule has 3 nitrogen and oxygen atoms in total. The van der Waals surface area contributed by atoms with Crippen molar-refractivity contribution < 1.29 is 14.3 Å². The van der Waals surface area contributed by atoms with E-state index in [1.54, 1.807) is 6.07 Å². The topological polar surface area (TPSA) is 43.4 Å². The van der Waals surface area contributed by atoms with Crippen LogP contribution >= 0.6 is 0 Å². The number of ether oxygens (including phenoxy) is 1. The van der Waals surface area contributed by atoms with Gasteiger partial charge in [0.05, 0.1) is 7.11 Å². The van der Waals surface area contributed by atoms with E-state index in [1.807, 2.05) is 12.1 Å². The fraction of sp³-hybridized carbons (Fsp3) is 0.333. The molecule has 1 aliphatic carbocycles. The van der Waals surface area contributed by atoms with Crippen molar-refractivity contribution in [3.63, 3.8) is 0 Å². The van der Waals surface area contributed by atoms with Crippen LogP contribution in [0.1, 0.15) is 27.9 Å². The Bertz CT molecular complexity index is 421. The number of ketones is 1. The molecule has 2 rings (SSSR count). The number of aryl methyl sites for hydroxylation is 2. The van der Waals surface area contributed by atoms with Crippen molar-refractivity contribution in [1.29, 1.82) is 0 Å². The van der Waals surface area contributed by atoms with Crippen molar-refractivity contribution >= 4 is 11.8 Å². The summed E-state index contributed by atoms with van der Waals surface area (Å²) in [7, 11) is 1.22.